The van der Waals surface area contributed by atoms with Gasteiger partial charge in [0.2, 0.25) is 0 Å². The van der Waals surface area contributed by atoms with Crippen LogP contribution in [0.3, 0.4) is 0 Å². The normalized spacial score (nSPS) is 22.1. The largest absolute Gasteiger partial charge is 0.462 e. The first-order valence-corrected chi connectivity index (χ1v) is 13.7. The second-order valence-electron chi connectivity index (χ2n) is 9.82. The highest BCUT2D eigenvalue weighted by Crippen LogP contribution is 2.24. The molecule has 0 radical (unpaired) electrons. The Morgan fingerprint density at radius 2 is 1.26 bits per heavy atom. The molecule has 2 rings (SSSR count). The van der Waals surface area contributed by atoms with Gasteiger partial charge in [-0.3, -0.25) is 4.79 Å². The Morgan fingerprint density at radius 3 is 1.71 bits per heavy atom. The molecule has 0 spiro atoms. The zero-order chi connectivity index (χ0) is 22.0. The average Bonchev–Trinajstić information content (AvgIpc) is 3.48. The van der Waals surface area contributed by atoms with Crippen LogP contribution in [0.25, 0.3) is 0 Å². The molecule has 2 aliphatic heterocycles. The van der Waals surface area contributed by atoms with Gasteiger partial charge in [-0.15, -0.1) is 0 Å². The van der Waals surface area contributed by atoms with Crippen molar-refractivity contribution >= 4 is 5.97 Å². The molecule has 2 saturated heterocycles. The van der Waals surface area contributed by atoms with Gasteiger partial charge in [0.15, 0.2) is 0 Å². The first-order valence-electron chi connectivity index (χ1n) is 13.7. The monoisotopic (exact) mass is 438 g/mol. The van der Waals surface area contributed by atoms with Crippen molar-refractivity contribution in [3.8, 4) is 0 Å². The summed E-state index contributed by atoms with van der Waals surface area (Å²) in [6.45, 7) is 4.06. The number of rotatable bonds is 19. The topological polar surface area (TPSA) is 44.8 Å². The average molecular weight is 439 g/mol. The molecule has 4 nitrogen and oxygen atoms in total. The van der Waals surface area contributed by atoms with E-state index in [4.69, 9.17) is 14.2 Å². The van der Waals surface area contributed by atoms with E-state index in [1.54, 1.807) is 0 Å². The lowest BCUT2D eigenvalue weighted by Gasteiger charge is -2.21. The number of ether oxygens (including phenoxy) is 3. The van der Waals surface area contributed by atoms with E-state index < -0.39 is 0 Å². The SMILES string of the molecule is CCCCCCCCCCCCCC(=O)OC(CCC1CCCO1)CCC1CCCO1. The van der Waals surface area contributed by atoms with Crippen molar-refractivity contribution in [3.63, 3.8) is 0 Å². The molecule has 4 heteroatoms. The zero-order valence-electron chi connectivity index (χ0n) is 20.4. The van der Waals surface area contributed by atoms with Gasteiger partial charge in [0, 0.05) is 19.6 Å². The summed E-state index contributed by atoms with van der Waals surface area (Å²) in [5.74, 6) is 0.000560. The number of hydrogen-bond acceptors (Lipinski definition) is 4. The number of unbranched alkanes of at least 4 members (excludes halogenated alkanes) is 10. The van der Waals surface area contributed by atoms with E-state index in [0.29, 0.717) is 18.6 Å². The fraction of sp³-hybridized carbons (Fsp3) is 0.963. The molecule has 0 aromatic carbocycles. The van der Waals surface area contributed by atoms with Crippen molar-refractivity contribution in [1.82, 2.24) is 0 Å². The molecule has 0 aromatic rings. The summed E-state index contributed by atoms with van der Waals surface area (Å²) in [6.07, 6.45) is 24.2. The van der Waals surface area contributed by atoms with E-state index in [9.17, 15) is 4.79 Å². The smallest absolute Gasteiger partial charge is 0.306 e. The molecule has 182 valence electrons. The quantitative estimate of drug-likeness (QED) is 0.154. The van der Waals surface area contributed by atoms with Crippen LogP contribution in [0.4, 0.5) is 0 Å². The summed E-state index contributed by atoms with van der Waals surface area (Å²) in [6, 6.07) is 0. The van der Waals surface area contributed by atoms with Crippen LogP contribution in [0.5, 0.6) is 0 Å². The number of carbonyl (C=O) groups excluding carboxylic acids is 1. The third-order valence-electron chi connectivity index (χ3n) is 6.95. The van der Waals surface area contributed by atoms with Gasteiger partial charge in [-0.05, 0) is 57.8 Å². The Morgan fingerprint density at radius 1 is 0.774 bits per heavy atom. The third kappa shape index (κ3) is 13.5. The molecule has 0 amide bonds. The Hall–Kier alpha value is -0.610. The minimum atomic E-state index is 0.000560. The van der Waals surface area contributed by atoms with Crippen LogP contribution in [-0.2, 0) is 19.0 Å². The molecular formula is C27H50O4. The van der Waals surface area contributed by atoms with E-state index >= 15 is 0 Å². The van der Waals surface area contributed by atoms with E-state index in [1.165, 1.54) is 70.6 Å². The molecule has 2 fully saturated rings. The lowest BCUT2D eigenvalue weighted by molar-refractivity contribution is -0.150. The second kappa shape index (κ2) is 17.9. The van der Waals surface area contributed by atoms with Crippen molar-refractivity contribution in [2.24, 2.45) is 0 Å². The lowest BCUT2D eigenvalue weighted by Crippen LogP contribution is -2.22. The molecule has 0 aromatic heterocycles. The molecule has 2 aliphatic rings. The molecule has 2 heterocycles. The van der Waals surface area contributed by atoms with Crippen molar-refractivity contribution in [2.45, 2.75) is 154 Å². The molecular weight excluding hydrogens is 388 g/mol. The van der Waals surface area contributed by atoms with Crippen molar-refractivity contribution < 1.29 is 19.0 Å². The third-order valence-corrected chi connectivity index (χ3v) is 6.95. The molecule has 0 N–H and O–H groups in total. The van der Waals surface area contributed by atoms with E-state index in [2.05, 4.69) is 6.92 Å². The van der Waals surface area contributed by atoms with E-state index in [0.717, 1.165) is 64.6 Å². The zero-order valence-corrected chi connectivity index (χ0v) is 20.4. The van der Waals surface area contributed by atoms with Gasteiger partial charge in [0.05, 0.1) is 12.2 Å². The van der Waals surface area contributed by atoms with Crippen LogP contribution in [0.1, 0.15) is 135 Å². The summed E-state index contributed by atoms with van der Waals surface area (Å²) >= 11 is 0. The maximum Gasteiger partial charge on any atom is 0.306 e. The Labute approximate surface area is 192 Å². The Kier molecular flexibility index (Phi) is 15.4. The number of hydrogen-bond donors (Lipinski definition) is 0. The molecule has 0 saturated carbocycles. The van der Waals surface area contributed by atoms with E-state index in [1.807, 2.05) is 0 Å². The lowest BCUT2D eigenvalue weighted by atomic mass is 10.0. The van der Waals surface area contributed by atoms with Crippen LogP contribution in [0.2, 0.25) is 0 Å². The first kappa shape index (κ1) is 26.6. The van der Waals surface area contributed by atoms with Gasteiger partial charge in [-0.1, -0.05) is 71.1 Å². The fourth-order valence-corrected chi connectivity index (χ4v) is 4.93. The van der Waals surface area contributed by atoms with Crippen LogP contribution in [-0.4, -0.2) is 37.5 Å². The van der Waals surface area contributed by atoms with Crippen LogP contribution >= 0.6 is 0 Å². The van der Waals surface area contributed by atoms with Gasteiger partial charge in [0.25, 0.3) is 0 Å². The maximum absolute atomic E-state index is 12.4. The van der Waals surface area contributed by atoms with Crippen molar-refractivity contribution in [1.29, 1.82) is 0 Å². The molecule has 2 unspecified atom stereocenters. The molecule has 31 heavy (non-hydrogen) atoms. The highest BCUT2D eigenvalue weighted by molar-refractivity contribution is 5.69. The maximum atomic E-state index is 12.4. The predicted octanol–water partition coefficient (Wildman–Crippen LogP) is 7.52. The number of esters is 1. The van der Waals surface area contributed by atoms with Gasteiger partial charge < -0.3 is 14.2 Å². The summed E-state index contributed by atoms with van der Waals surface area (Å²) in [7, 11) is 0. The highest BCUT2D eigenvalue weighted by atomic mass is 16.5. The fourth-order valence-electron chi connectivity index (χ4n) is 4.93. The van der Waals surface area contributed by atoms with Crippen molar-refractivity contribution in [3.05, 3.63) is 0 Å². The van der Waals surface area contributed by atoms with Gasteiger partial charge in [0.1, 0.15) is 6.10 Å². The molecule has 0 bridgehead atoms. The van der Waals surface area contributed by atoms with Crippen molar-refractivity contribution in [2.75, 3.05) is 13.2 Å². The Bertz CT molecular complexity index is 407. The minimum Gasteiger partial charge on any atom is -0.462 e. The molecule has 2 atom stereocenters. The van der Waals surface area contributed by atoms with Crippen LogP contribution in [0.15, 0.2) is 0 Å². The Balaban J connectivity index is 1.51. The summed E-state index contributed by atoms with van der Waals surface area (Å²) in [4.78, 5) is 12.4. The van der Waals surface area contributed by atoms with Gasteiger partial charge >= 0.3 is 5.97 Å². The van der Waals surface area contributed by atoms with Crippen LogP contribution < -0.4 is 0 Å². The van der Waals surface area contributed by atoms with E-state index in [-0.39, 0.29) is 12.1 Å². The van der Waals surface area contributed by atoms with Gasteiger partial charge in [-0.25, -0.2) is 0 Å². The molecule has 0 aliphatic carbocycles. The second-order valence-corrected chi connectivity index (χ2v) is 9.82. The highest BCUT2D eigenvalue weighted by Gasteiger charge is 2.23. The number of carbonyl (C=O) groups is 1. The van der Waals surface area contributed by atoms with Gasteiger partial charge in [-0.2, -0.15) is 0 Å². The first-order chi connectivity index (χ1) is 15.3. The predicted molar refractivity (Wildman–Crippen MR) is 127 cm³/mol. The standard InChI is InChI=1S/C27H50O4/c1-2-3-4-5-6-7-8-9-10-11-12-17-27(28)31-26(20-18-24-15-13-22-29-24)21-19-25-16-14-23-30-25/h24-26H,2-23H2,1H3. The summed E-state index contributed by atoms with van der Waals surface area (Å²) < 4.78 is 17.4. The summed E-state index contributed by atoms with van der Waals surface area (Å²) in [5, 5.41) is 0. The van der Waals surface area contributed by atoms with Crippen LogP contribution in [0, 0.1) is 0 Å². The minimum absolute atomic E-state index is 0.000560. The summed E-state index contributed by atoms with van der Waals surface area (Å²) in [5.41, 5.74) is 0.